The Kier molecular flexibility index (Phi) is 2.53. The summed E-state index contributed by atoms with van der Waals surface area (Å²) in [4.78, 5) is 4.33. The number of rotatable bonds is 3. The van der Waals surface area contributed by atoms with Crippen molar-refractivity contribution < 1.29 is 0 Å². The van der Waals surface area contributed by atoms with E-state index in [1.807, 2.05) is 0 Å². The third-order valence-corrected chi connectivity index (χ3v) is 2.13. The topological polar surface area (TPSA) is 38.4 Å². The lowest BCUT2D eigenvalue weighted by Gasteiger charge is -2.00. The molecule has 0 heterocycles. The molecule has 0 aromatic rings. The number of hydrogen-bond acceptors (Lipinski definition) is 1. The fraction of sp³-hybridized carbons (Fsp3) is 0.889. The number of hydrogen-bond donors (Lipinski definition) is 1. The van der Waals surface area contributed by atoms with Gasteiger partial charge in [0.05, 0.1) is 5.84 Å². The van der Waals surface area contributed by atoms with Crippen molar-refractivity contribution in [1.82, 2.24) is 0 Å². The molecule has 0 aromatic heterocycles. The van der Waals surface area contributed by atoms with Crippen molar-refractivity contribution in [1.29, 1.82) is 0 Å². The van der Waals surface area contributed by atoms with Crippen LogP contribution >= 0.6 is 0 Å². The second-order valence-corrected chi connectivity index (χ2v) is 3.98. The molecule has 0 radical (unpaired) electrons. The molecule has 0 bridgehead atoms. The van der Waals surface area contributed by atoms with Crippen LogP contribution in [0.2, 0.25) is 0 Å². The zero-order chi connectivity index (χ0) is 8.43. The van der Waals surface area contributed by atoms with Gasteiger partial charge < -0.3 is 5.73 Å². The molecule has 64 valence electrons. The molecular weight excluding hydrogens is 136 g/mol. The van der Waals surface area contributed by atoms with Gasteiger partial charge in [0.25, 0.3) is 0 Å². The van der Waals surface area contributed by atoms with E-state index in [0.29, 0.717) is 11.8 Å². The third kappa shape index (κ3) is 2.52. The van der Waals surface area contributed by atoms with Crippen LogP contribution in [0.15, 0.2) is 4.99 Å². The highest BCUT2D eigenvalue weighted by atomic mass is 14.9. The molecular formula is C9H18N2. The van der Waals surface area contributed by atoms with E-state index in [0.717, 1.165) is 18.3 Å². The van der Waals surface area contributed by atoms with Crippen LogP contribution in [-0.4, -0.2) is 12.4 Å². The molecule has 1 rings (SSSR count). The Bertz CT molecular complexity index is 161. The predicted molar refractivity (Wildman–Crippen MR) is 48.6 cm³/mol. The number of aliphatic imine (C=N–C) groups is 1. The van der Waals surface area contributed by atoms with Gasteiger partial charge in [-0.15, -0.1) is 0 Å². The van der Waals surface area contributed by atoms with Crippen LogP contribution in [0.4, 0.5) is 0 Å². The highest BCUT2D eigenvalue weighted by Gasteiger charge is 2.35. The summed E-state index contributed by atoms with van der Waals surface area (Å²) in [5, 5.41) is 0. The van der Waals surface area contributed by atoms with Crippen LogP contribution in [0.25, 0.3) is 0 Å². The normalized spacial score (nSPS) is 31.1. The molecule has 1 saturated carbocycles. The zero-order valence-corrected chi connectivity index (χ0v) is 7.67. The lowest BCUT2D eigenvalue weighted by molar-refractivity contribution is 0.662. The minimum absolute atomic E-state index is 0.605. The Labute approximate surface area is 68.9 Å². The van der Waals surface area contributed by atoms with Crippen molar-refractivity contribution in [3.63, 3.8) is 0 Å². The molecule has 0 spiro atoms. The second kappa shape index (κ2) is 3.24. The van der Waals surface area contributed by atoms with Gasteiger partial charge in [0.1, 0.15) is 0 Å². The van der Waals surface area contributed by atoms with Gasteiger partial charge >= 0.3 is 0 Å². The Morgan fingerprint density at radius 2 is 2.18 bits per heavy atom. The van der Waals surface area contributed by atoms with Gasteiger partial charge in [0.15, 0.2) is 0 Å². The van der Waals surface area contributed by atoms with Gasteiger partial charge in [-0.1, -0.05) is 20.8 Å². The van der Waals surface area contributed by atoms with E-state index >= 15 is 0 Å². The number of amidine groups is 1. The predicted octanol–water partition coefficient (Wildman–Crippen LogP) is 1.66. The van der Waals surface area contributed by atoms with Crippen LogP contribution in [0.3, 0.4) is 0 Å². The SMILES string of the molecule is CC(C)CN=C(N)C1CC1C. The third-order valence-electron chi connectivity index (χ3n) is 2.13. The molecule has 2 nitrogen and oxygen atoms in total. The van der Waals surface area contributed by atoms with Gasteiger partial charge in [-0.25, -0.2) is 0 Å². The lowest BCUT2D eigenvalue weighted by Crippen LogP contribution is -2.16. The number of nitrogens with zero attached hydrogens (tertiary/aromatic N) is 1. The van der Waals surface area contributed by atoms with Crippen LogP contribution in [-0.2, 0) is 0 Å². The summed E-state index contributed by atoms with van der Waals surface area (Å²) in [5.41, 5.74) is 5.77. The fourth-order valence-electron chi connectivity index (χ4n) is 1.14. The molecule has 0 saturated heterocycles. The summed E-state index contributed by atoms with van der Waals surface area (Å²) >= 11 is 0. The smallest absolute Gasteiger partial charge is 0.0971 e. The molecule has 1 fully saturated rings. The van der Waals surface area contributed by atoms with Crippen molar-refractivity contribution in [2.45, 2.75) is 27.2 Å². The summed E-state index contributed by atoms with van der Waals surface area (Å²) in [6.07, 6.45) is 1.24. The maximum absolute atomic E-state index is 5.77. The fourth-order valence-corrected chi connectivity index (χ4v) is 1.14. The van der Waals surface area contributed by atoms with Gasteiger partial charge in [-0.05, 0) is 18.3 Å². The van der Waals surface area contributed by atoms with E-state index in [2.05, 4.69) is 25.8 Å². The van der Waals surface area contributed by atoms with Crippen molar-refractivity contribution in [3.8, 4) is 0 Å². The molecule has 2 atom stereocenters. The molecule has 0 aromatic carbocycles. The number of nitrogens with two attached hydrogens (primary N) is 1. The molecule has 1 aliphatic carbocycles. The van der Waals surface area contributed by atoms with Crippen molar-refractivity contribution in [2.24, 2.45) is 28.5 Å². The quantitative estimate of drug-likeness (QED) is 0.487. The highest BCUT2D eigenvalue weighted by Crippen LogP contribution is 2.37. The van der Waals surface area contributed by atoms with Crippen LogP contribution in [0.5, 0.6) is 0 Å². The Balaban J connectivity index is 2.29. The van der Waals surface area contributed by atoms with E-state index in [1.165, 1.54) is 6.42 Å². The van der Waals surface area contributed by atoms with Crippen molar-refractivity contribution >= 4 is 5.84 Å². The van der Waals surface area contributed by atoms with Crippen LogP contribution in [0.1, 0.15) is 27.2 Å². The minimum Gasteiger partial charge on any atom is -0.387 e. The summed E-state index contributed by atoms with van der Waals surface area (Å²) in [5.74, 6) is 2.90. The first-order valence-electron chi connectivity index (χ1n) is 4.41. The van der Waals surface area contributed by atoms with E-state index < -0.39 is 0 Å². The van der Waals surface area contributed by atoms with Crippen LogP contribution < -0.4 is 5.73 Å². The van der Waals surface area contributed by atoms with E-state index in [4.69, 9.17) is 5.73 Å². The average Bonchev–Trinajstić information content (AvgIpc) is 2.61. The van der Waals surface area contributed by atoms with Crippen molar-refractivity contribution in [3.05, 3.63) is 0 Å². The summed E-state index contributed by atoms with van der Waals surface area (Å²) in [6, 6.07) is 0. The van der Waals surface area contributed by atoms with E-state index in [-0.39, 0.29) is 0 Å². The first-order valence-corrected chi connectivity index (χ1v) is 4.41. The van der Waals surface area contributed by atoms with E-state index in [1.54, 1.807) is 0 Å². The highest BCUT2D eigenvalue weighted by molar-refractivity contribution is 5.85. The molecule has 0 aliphatic heterocycles. The average molecular weight is 154 g/mol. The largest absolute Gasteiger partial charge is 0.387 e. The zero-order valence-electron chi connectivity index (χ0n) is 7.67. The molecule has 11 heavy (non-hydrogen) atoms. The molecule has 0 amide bonds. The Hall–Kier alpha value is -0.530. The molecule has 2 N–H and O–H groups in total. The summed E-state index contributed by atoms with van der Waals surface area (Å²) in [6.45, 7) is 7.43. The van der Waals surface area contributed by atoms with E-state index in [9.17, 15) is 0 Å². The first-order chi connectivity index (χ1) is 5.11. The maximum atomic E-state index is 5.77. The summed E-state index contributed by atoms with van der Waals surface area (Å²) < 4.78 is 0. The van der Waals surface area contributed by atoms with Crippen molar-refractivity contribution in [2.75, 3.05) is 6.54 Å². The van der Waals surface area contributed by atoms with Gasteiger partial charge in [-0.2, -0.15) is 0 Å². The van der Waals surface area contributed by atoms with Crippen LogP contribution in [0, 0.1) is 17.8 Å². The van der Waals surface area contributed by atoms with Gasteiger partial charge in [0.2, 0.25) is 0 Å². The molecule has 2 unspecified atom stereocenters. The monoisotopic (exact) mass is 154 g/mol. The standard InChI is InChI=1S/C9H18N2/c1-6(2)5-11-9(10)8-4-7(8)3/h6-8H,4-5H2,1-3H3,(H2,10,11). The van der Waals surface area contributed by atoms with Gasteiger partial charge in [-0.3, -0.25) is 4.99 Å². The summed E-state index contributed by atoms with van der Waals surface area (Å²) in [7, 11) is 0. The molecule has 2 heteroatoms. The minimum atomic E-state index is 0.605. The Morgan fingerprint density at radius 1 is 1.64 bits per heavy atom. The lowest BCUT2D eigenvalue weighted by atomic mass is 10.2. The molecule has 1 aliphatic rings. The Morgan fingerprint density at radius 3 is 2.55 bits per heavy atom. The maximum Gasteiger partial charge on any atom is 0.0971 e. The van der Waals surface area contributed by atoms with Gasteiger partial charge in [0, 0.05) is 12.5 Å². The first kappa shape index (κ1) is 8.57. The second-order valence-electron chi connectivity index (χ2n) is 3.98.